The molecule has 0 saturated carbocycles. The lowest BCUT2D eigenvalue weighted by Gasteiger charge is -2.07. The van der Waals surface area contributed by atoms with Gasteiger partial charge in [-0.05, 0) is 47.2 Å². The van der Waals surface area contributed by atoms with Gasteiger partial charge in [0.2, 0.25) is 9.84 Å². The van der Waals surface area contributed by atoms with Crippen molar-refractivity contribution >= 4 is 20.6 Å². The van der Waals surface area contributed by atoms with E-state index in [0.29, 0.717) is 10.8 Å². The summed E-state index contributed by atoms with van der Waals surface area (Å²) in [6.07, 6.45) is 0. The molecule has 21 heavy (non-hydrogen) atoms. The maximum absolute atomic E-state index is 12.5. The smallest absolute Gasteiger partial charge is 0.206 e. The fourth-order valence-electron chi connectivity index (χ4n) is 2.15. The molecule has 2 N–H and O–H groups in total. The molecule has 5 heteroatoms. The lowest BCUT2D eigenvalue weighted by Crippen LogP contribution is -2.01. The van der Waals surface area contributed by atoms with Gasteiger partial charge in [0.1, 0.15) is 0 Å². The number of aromatic hydroxyl groups is 2. The molecular formula is C16H12O4S. The average molecular weight is 300 g/mol. The summed E-state index contributed by atoms with van der Waals surface area (Å²) in [4.78, 5) is 0.360. The molecule has 0 amide bonds. The SMILES string of the molecule is O=S(=O)(c1ccccc1)c1ccc2cc(O)c(O)cc2c1. The highest BCUT2D eigenvalue weighted by Crippen LogP contribution is 2.32. The van der Waals surface area contributed by atoms with E-state index in [1.165, 1.54) is 36.4 Å². The zero-order valence-electron chi connectivity index (χ0n) is 10.9. The molecule has 0 heterocycles. The number of hydrogen-bond acceptors (Lipinski definition) is 4. The Bertz CT molecular complexity index is 916. The van der Waals surface area contributed by atoms with Crippen LogP contribution in [0.1, 0.15) is 0 Å². The summed E-state index contributed by atoms with van der Waals surface area (Å²) in [7, 11) is -3.60. The van der Waals surface area contributed by atoms with Crippen LogP contribution < -0.4 is 0 Å². The van der Waals surface area contributed by atoms with E-state index in [-0.39, 0.29) is 21.3 Å². The van der Waals surface area contributed by atoms with Gasteiger partial charge in [-0.2, -0.15) is 0 Å². The highest BCUT2D eigenvalue weighted by molar-refractivity contribution is 7.91. The average Bonchev–Trinajstić information content (AvgIpc) is 2.49. The molecule has 0 unspecified atom stereocenters. The molecule has 0 spiro atoms. The summed E-state index contributed by atoms with van der Waals surface area (Å²) < 4.78 is 25.0. The molecule has 3 aromatic carbocycles. The molecule has 0 saturated heterocycles. The highest BCUT2D eigenvalue weighted by atomic mass is 32.2. The van der Waals surface area contributed by atoms with Crippen LogP contribution in [-0.2, 0) is 9.84 Å². The lowest BCUT2D eigenvalue weighted by atomic mass is 10.1. The van der Waals surface area contributed by atoms with Crippen LogP contribution in [0, 0.1) is 0 Å². The second kappa shape index (κ2) is 4.79. The highest BCUT2D eigenvalue weighted by Gasteiger charge is 2.17. The predicted molar refractivity (Wildman–Crippen MR) is 79.2 cm³/mol. The number of phenols is 2. The monoisotopic (exact) mass is 300 g/mol. The zero-order chi connectivity index (χ0) is 15.0. The van der Waals surface area contributed by atoms with Gasteiger partial charge < -0.3 is 10.2 Å². The summed E-state index contributed by atoms with van der Waals surface area (Å²) in [6.45, 7) is 0. The van der Waals surface area contributed by atoms with Gasteiger partial charge in [0, 0.05) is 0 Å². The molecule has 0 aromatic heterocycles. The molecule has 4 nitrogen and oxygen atoms in total. The molecule has 0 aliphatic rings. The summed E-state index contributed by atoms with van der Waals surface area (Å²) in [6, 6.07) is 15.5. The van der Waals surface area contributed by atoms with E-state index in [1.807, 2.05) is 0 Å². The number of rotatable bonds is 2. The Morgan fingerprint density at radius 3 is 1.95 bits per heavy atom. The molecule has 0 fully saturated rings. The normalized spacial score (nSPS) is 11.6. The molecule has 3 rings (SSSR count). The van der Waals surface area contributed by atoms with Crippen LogP contribution in [0.2, 0.25) is 0 Å². The van der Waals surface area contributed by atoms with Crippen molar-refractivity contribution in [3.05, 3.63) is 60.7 Å². The maximum Gasteiger partial charge on any atom is 0.206 e. The van der Waals surface area contributed by atoms with E-state index in [2.05, 4.69) is 0 Å². The van der Waals surface area contributed by atoms with Gasteiger partial charge in [0.05, 0.1) is 9.79 Å². The quantitative estimate of drug-likeness (QED) is 0.713. The Kier molecular flexibility index (Phi) is 3.07. The van der Waals surface area contributed by atoms with E-state index >= 15 is 0 Å². The minimum Gasteiger partial charge on any atom is -0.504 e. The largest absolute Gasteiger partial charge is 0.504 e. The Morgan fingerprint density at radius 2 is 1.29 bits per heavy atom. The van der Waals surface area contributed by atoms with Gasteiger partial charge in [-0.1, -0.05) is 24.3 Å². The van der Waals surface area contributed by atoms with E-state index in [1.54, 1.807) is 24.3 Å². The van der Waals surface area contributed by atoms with Crippen LogP contribution in [0.3, 0.4) is 0 Å². The number of hydrogen-bond donors (Lipinski definition) is 2. The second-order valence-corrected chi connectivity index (χ2v) is 6.62. The summed E-state index contributed by atoms with van der Waals surface area (Å²) in [5.74, 6) is -0.516. The van der Waals surface area contributed by atoms with Crippen molar-refractivity contribution < 1.29 is 18.6 Å². The first kappa shape index (κ1) is 13.5. The Morgan fingerprint density at radius 1 is 0.667 bits per heavy atom. The van der Waals surface area contributed by atoms with Crippen molar-refractivity contribution in [2.45, 2.75) is 9.79 Å². The van der Waals surface area contributed by atoms with Gasteiger partial charge in [-0.25, -0.2) is 8.42 Å². The summed E-state index contributed by atoms with van der Waals surface area (Å²) in [5, 5.41) is 20.2. The third kappa shape index (κ3) is 2.32. The molecule has 0 atom stereocenters. The van der Waals surface area contributed by atoms with E-state index in [0.717, 1.165) is 0 Å². The lowest BCUT2D eigenvalue weighted by molar-refractivity contribution is 0.405. The first-order chi connectivity index (χ1) is 9.98. The topological polar surface area (TPSA) is 74.6 Å². The van der Waals surface area contributed by atoms with Gasteiger partial charge in [-0.15, -0.1) is 0 Å². The van der Waals surface area contributed by atoms with Crippen LogP contribution in [0.5, 0.6) is 11.5 Å². The minimum absolute atomic E-state index is 0.145. The number of sulfone groups is 1. The molecule has 106 valence electrons. The summed E-state index contributed by atoms with van der Waals surface area (Å²) in [5.41, 5.74) is 0. The second-order valence-electron chi connectivity index (χ2n) is 4.67. The predicted octanol–water partition coefficient (Wildman–Crippen LogP) is 3.08. The van der Waals surface area contributed by atoms with Gasteiger partial charge in [-0.3, -0.25) is 0 Å². The Hall–Kier alpha value is -2.53. The van der Waals surface area contributed by atoms with Crippen molar-refractivity contribution in [2.75, 3.05) is 0 Å². The molecule has 0 aliphatic heterocycles. The fourth-order valence-corrected chi connectivity index (χ4v) is 3.47. The van der Waals surface area contributed by atoms with Gasteiger partial charge >= 0.3 is 0 Å². The first-order valence-electron chi connectivity index (χ1n) is 6.24. The van der Waals surface area contributed by atoms with E-state index in [9.17, 15) is 18.6 Å². The standard InChI is InChI=1S/C16H12O4S/c17-15-9-11-6-7-14(8-12(11)10-16(15)18)21(19,20)13-4-2-1-3-5-13/h1-10,17-18H. The zero-order valence-corrected chi connectivity index (χ0v) is 11.7. The molecule has 0 aliphatic carbocycles. The van der Waals surface area contributed by atoms with E-state index in [4.69, 9.17) is 0 Å². The Balaban J connectivity index is 2.20. The van der Waals surface area contributed by atoms with Gasteiger partial charge in [0.25, 0.3) is 0 Å². The molecular weight excluding hydrogens is 288 g/mol. The van der Waals surface area contributed by atoms with Crippen LogP contribution in [0.4, 0.5) is 0 Å². The van der Waals surface area contributed by atoms with Crippen molar-refractivity contribution in [2.24, 2.45) is 0 Å². The number of benzene rings is 3. The van der Waals surface area contributed by atoms with Crippen molar-refractivity contribution in [1.82, 2.24) is 0 Å². The first-order valence-corrected chi connectivity index (χ1v) is 7.73. The molecule has 0 bridgehead atoms. The van der Waals surface area contributed by atoms with Crippen LogP contribution in [0.25, 0.3) is 10.8 Å². The van der Waals surface area contributed by atoms with E-state index < -0.39 is 9.84 Å². The van der Waals surface area contributed by atoms with Crippen LogP contribution in [0.15, 0.2) is 70.5 Å². The van der Waals surface area contributed by atoms with Crippen molar-refractivity contribution in [3.63, 3.8) is 0 Å². The third-order valence-electron chi connectivity index (χ3n) is 3.27. The van der Waals surface area contributed by atoms with Crippen LogP contribution >= 0.6 is 0 Å². The number of phenolic OH excluding ortho intramolecular Hbond substituents is 2. The Labute approximate surface area is 121 Å². The van der Waals surface area contributed by atoms with Crippen LogP contribution in [-0.4, -0.2) is 18.6 Å². The summed E-state index contributed by atoms with van der Waals surface area (Å²) >= 11 is 0. The van der Waals surface area contributed by atoms with Crippen molar-refractivity contribution in [1.29, 1.82) is 0 Å². The molecule has 0 radical (unpaired) electrons. The molecule has 3 aromatic rings. The van der Waals surface area contributed by atoms with Crippen molar-refractivity contribution in [3.8, 4) is 11.5 Å². The van der Waals surface area contributed by atoms with Gasteiger partial charge in [0.15, 0.2) is 11.5 Å². The fraction of sp³-hybridized carbons (Fsp3) is 0. The minimum atomic E-state index is -3.60. The number of fused-ring (bicyclic) bond motifs is 1. The maximum atomic E-state index is 12.5. The third-order valence-corrected chi connectivity index (χ3v) is 5.04.